The molecule has 5 heteroatoms. The molecule has 0 radical (unpaired) electrons. The van der Waals surface area contributed by atoms with Gasteiger partial charge in [0.1, 0.15) is 24.8 Å². The van der Waals surface area contributed by atoms with E-state index in [-0.39, 0.29) is 5.56 Å². The van der Waals surface area contributed by atoms with E-state index in [9.17, 15) is 8.78 Å². The highest BCUT2D eigenvalue weighted by Gasteiger charge is 2.25. The fourth-order valence-corrected chi connectivity index (χ4v) is 2.46. The van der Waals surface area contributed by atoms with Crippen molar-refractivity contribution < 1.29 is 18.3 Å². The van der Waals surface area contributed by atoms with E-state index in [1.165, 1.54) is 12.1 Å². The third-order valence-corrected chi connectivity index (χ3v) is 3.56. The average Bonchev–Trinajstić information content (AvgIpc) is 2.50. The monoisotopic (exact) mass is 291 g/mol. The molecule has 0 saturated carbocycles. The van der Waals surface area contributed by atoms with Crippen LogP contribution in [-0.4, -0.2) is 13.2 Å². The molecule has 2 aromatic rings. The topological polar surface area (TPSA) is 44.5 Å². The van der Waals surface area contributed by atoms with Crippen molar-refractivity contribution in [2.75, 3.05) is 13.2 Å². The van der Waals surface area contributed by atoms with Crippen molar-refractivity contribution in [3.63, 3.8) is 0 Å². The van der Waals surface area contributed by atoms with Crippen LogP contribution in [0.1, 0.15) is 22.7 Å². The summed E-state index contributed by atoms with van der Waals surface area (Å²) in [5.74, 6) is -0.295. The predicted octanol–water partition coefficient (Wildman–Crippen LogP) is 3.09. The lowest BCUT2D eigenvalue weighted by atomic mass is 9.95. The molecule has 1 aliphatic rings. The second-order valence-corrected chi connectivity index (χ2v) is 4.94. The van der Waals surface area contributed by atoms with Crippen LogP contribution in [0.4, 0.5) is 8.78 Å². The van der Waals surface area contributed by atoms with E-state index >= 15 is 0 Å². The zero-order valence-corrected chi connectivity index (χ0v) is 11.5. The molecule has 0 saturated heterocycles. The van der Waals surface area contributed by atoms with Gasteiger partial charge in [0.05, 0.1) is 6.04 Å². The van der Waals surface area contributed by atoms with Gasteiger partial charge < -0.3 is 15.2 Å². The molecular weight excluding hydrogens is 276 g/mol. The van der Waals surface area contributed by atoms with Crippen LogP contribution in [-0.2, 0) is 0 Å². The molecule has 2 N–H and O–H groups in total. The summed E-state index contributed by atoms with van der Waals surface area (Å²) in [6, 6.07) is 6.82. The first-order valence-electron chi connectivity index (χ1n) is 6.68. The van der Waals surface area contributed by atoms with Crippen molar-refractivity contribution in [3.8, 4) is 11.5 Å². The summed E-state index contributed by atoms with van der Waals surface area (Å²) in [5, 5.41) is 0. The van der Waals surface area contributed by atoms with E-state index in [4.69, 9.17) is 15.2 Å². The molecule has 21 heavy (non-hydrogen) atoms. The molecule has 1 atom stereocenters. The molecule has 0 amide bonds. The number of aryl methyl sites for hydroxylation is 1. The maximum atomic E-state index is 14.2. The summed E-state index contributed by atoms with van der Waals surface area (Å²) < 4.78 is 39.3. The second kappa shape index (κ2) is 5.33. The van der Waals surface area contributed by atoms with E-state index in [0.29, 0.717) is 35.8 Å². The molecule has 0 aliphatic carbocycles. The van der Waals surface area contributed by atoms with Crippen molar-refractivity contribution >= 4 is 0 Å². The summed E-state index contributed by atoms with van der Waals surface area (Å²) in [5.41, 5.74) is 6.80. The minimum absolute atomic E-state index is 0.155. The normalized spacial score (nSPS) is 14.9. The highest BCUT2D eigenvalue weighted by Crippen LogP contribution is 2.39. The highest BCUT2D eigenvalue weighted by atomic mass is 19.1. The van der Waals surface area contributed by atoms with Gasteiger partial charge in [-0.3, -0.25) is 0 Å². The minimum atomic E-state index is -0.957. The maximum absolute atomic E-state index is 14.2. The Hall–Kier alpha value is -2.14. The Balaban J connectivity index is 2.12. The Kier molecular flexibility index (Phi) is 3.51. The Bertz CT molecular complexity index is 688. The number of ether oxygens (including phenoxy) is 2. The Morgan fingerprint density at radius 1 is 1.10 bits per heavy atom. The molecular formula is C16H15F2NO2. The van der Waals surface area contributed by atoms with Gasteiger partial charge in [-0.1, -0.05) is 18.2 Å². The molecule has 3 rings (SSSR count). The van der Waals surface area contributed by atoms with Crippen LogP contribution in [0, 0.1) is 18.6 Å². The zero-order valence-electron chi connectivity index (χ0n) is 11.5. The molecule has 2 aromatic carbocycles. The van der Waals surface area contributed by atoms with Crippen molar-refractivity contribution in [1.29, 1.82) is 0 Å². The summed E-state index contributed by atoms with van der Waals surface area (Å²) in [6.07, 6.45) is 0. The third-order valence-electron chi connectivity index (χ3n) is 3.56. The number of rotatable bonds is 2. The van der Waals surface area contributed by atoms with Crippen LogP contribution in [0.5, 0.6) is 11.5 Å². The van der Waals surface area contributed by atoms with Gasteiger partial charge in [0.15, 0.2) is 11.5 Å². The molecule has 3 nitrogen and oxygen atoms in total. The first-order valence-corrected chi connectivity index (χ1v) is 6.68. The SMILES string of the molecule is Cc1ccc(F)c(C(N)c2cccc3c2OCCO3)c1F. The van der Waals surface area contributed by atoms with Crippen molar-refractivity contribution in [1.82, 2.24) is 0 Å². The van der Waals surface area contributed by atoms with Gasteiger partial charge in [0.2, 0.25) is 0 Å². The number of fused-ring (bicyclic) bond motifs is 1. The summed E-state index contributed by atoms with van der Waals surface area (Å²) in [7, 11) is 0. The van der Waals surface area contributed by atoms with Gasteiger partial charge in [0, 0.05) is 11.1 Å². The predicted molar refractivity (Wildman–Crippen MR) is 74.6 cm³/mol. The fraction of sp³-hybridized carbons (Fsp3) is 0.250. The van der Waals surface area contributed by atoms with E-state index in [1.54, 1.807) is 25.1 Å². The van der Waals surface area contributed by atoms with Gasteiger partial charge in [-0.2, -0.15) is 0 Å². The molecule has 0 spiro atoms. The Morgan fingerprint density at radius 2 is 1.86 bits per heavy atom. The second-order valence-electron chi connectivity index (χ2n) is 4.94. The summed E-state index contributed by atoms with van der Waals surface area (Å²) >= 11 is 0. The lowest BCUT2D eigenvalue weighted by molar-refractivity contribution is 0.169. The number of nitrogens with two attached hydrogens (primary N) is 1. The molecule has 1 aliphatic heterocycles. The molecule has 0 aromatic heterocycles. The average molecular weight is 291 g/mol. The van der Waals surface area contributed by atoms with Crippen LogP contribution in [0.2, 0.25) is 0 Å². The van der Waals surface area contributed by atoms with Crippen LogP contribution in [0.3, 0.4) is 0 Å². The smallest absolute Gasteiger partial charge is 0.166 e. The number of benzene rings is 2. The van der Waals surface area contributed by atoms with Gasteiger partial charge >= 0.3 is 0 Å². The quantitative estimate of drug-likeness (QED) is 0.924. The summed E-state index contributed by atoms with van der Waals surface area (Å²) in [6.45, 7) is 2.40. The minimum Gasteiger partial charge on any atom is -0.486 e. The first kappa shape index (κ1) is 13.8. The van der Waals surface area contributed by atoms with Crippen LogP contribution >= 0.6 is 0 Å². The lowest BCUT2D eigenvalue weighted by Crippen LogP contribution is -2.21. The molecule has 1 unspecified atom stereocenters. The first-order chi connectivity index (χ1) is 10.1. The van der Waals surface area contributed by atoms with Crippen molar-refractivity contribution in [2.45, 2.75) is 13.0 Å². The number of para-hydroxylation sites is 1. The van der Waals surface area contributed by atoms with Crippen LogP contribution < -0.4 is 15.2 Å². The number of halogens is 2. The fourth-order valence-electron chi connectivity index (χ4n) is 2.46. The maximum Gasteiger partial charge on any atom is 0.166 e. The van der Waals surface area contributed by atoms with Gasteiger partial charge in [-0.25, -0.2) is 8.78 Å². The molecule has 110 valence electrons. The van der Waals surface area contributed by atoms with Gasteiger partial charge in [-0.15, -0.1) is 0 Å². The van der Waals surface area contributed by atoms with Gasteiger partial charge in [0.25, 0.3) is 0 Å². The van der Waals surface area contributed by atoms with Crippen molar-refractivity contribution in [3.05, 3.63) is 58.7 Å². The molecule has 0 bridgehead atoms. The van der Waals surface area contributed by atoms with E-state index < -0.39 is 17.7 Å². The summed E-state index contributed by atoms with van der Waals surface area (Å²) in [4.78, 5) is 0. The molecule has 1 heterocycles. The number of hydrogen-bond donors (Lipinski definition) is 1. The van der Waals surface area contributed by atoms with E-state index in [2.05, 4.69) is 0 Å². The van der Waals surface area contributed by atoms with Gasteiger partial charge in [-0.05, 0) is 24.6 Å². The van der Waals surface area contributed by atoms with Crippen LogP contribution in [0.25, 0.3) is 0 Å². The largest absolute Gasteiger partial charge is 0.486 e. The number of hydrogen-bond acceptors (Lipinski definition) is 3. The Labute approximate surface area is 121 Å². The van der Waals surface area contributed by atoms with E-state index in [0.717, 1.165) is 0 Å². The lowest BCUT2D eigenvalue weighted by Gasteiger charge is -2.24. The highest BCUT2D eigenvalue weighted by molar-refractivity contribution is 5.51. The van der Waals surface area contributed by atoms with E-state index in [1.807, 2.05) is 0 Å². The standard InChI is InChI=1S/C16H15F2NO2/c1-9-5-6-11(17)13(14(9)18)15(19)10-3-2-4-12-16(10)21-8-7-20-12/h2-6,15H,7-8,19H2,1H3. The van der Waals surface area contributed by atoms with Crippen molar-refractivity contribution in [2.24, 2.45) is 5.73 Å². The Morgan fingerprint density at radius 3 is 2.67 bits per heavy atom. The molecule has 0 fully saturated rings. The van der Waals surface area contributed by atoms with Crippen LogP contribution in [0.15, 0.2) is 30.3 Å². The zero-order chi connectivity index (χ0) is 15.0. The third kappa shape index (κ3) is 2.34.